The molecule has 0 rings (SSSR count). The van der Waals surface area contributed by atoms with E-state index in [2.05, 4.69) is 55.5 Å². The summed E-state index contributed by atoms with van der Waals surface area (Å²) in [6.07, 6.45) is 29.7. The molecular weight excluding hydrogens is 593 g/mol. The summed E-state index contributed by atoms with van der Waals surface area (Å²) in [4.78, 5) is 36.5. The predicted molar refractivity (Wildman–Crippen MR) is 180 cm³/mol. The third kappa shape index (κ3) is 31.7. The normalized spacial score (nSPS) is 14.5. The zero-order valence-corrected chi connectivity index (χ0v) is 29.7. The number of unbranched alkanes of at least 4 members (excludes halogenated alkanes) is 7. The summed E-state index contributed by atoms with van der Waals surface area (Å²) in [5.41, 5.74) is 0. The fraction of sp³-hybridized carbons (Fsp3) is 0.714. The summed E-state index contributed by atoms with van der Waals surface area (Å²) in [5.74, 6) is -0.899. The van der Waals surface area contributed by atoms with Gasteiger partial charge in [0.1, 0.15) is 19.8 Å². The summed E-state index contributed by atoms with van der Waals surface area (Å²) < 4.78 is 33.2. The van der Waals surface area contributed by atoms with E-state index >= 15 is 0 Å². The number of hydrogen-bond donors (Lipinski definition) is 0. The molecule has 2 unspecified atom stereocenters. The standard InChI is InChI=1S/C35H62NO8P/c1-6-8-10-11-12-13-14-15-16-17-18-19-20-21-22-23-24-25-26-28-35(38)44-33(31-41-34(37)27-9-7-2)32-43-45(39,40)42-30-29-36(3,4)5/h8,10,12-13,15-16,18-19,33H,6-7,9,11,14,17,20-32H2,1-5H3/b10-8-,13-12-,16-15-,19-18-. The van der Waals surface area contributed by atoms with Gasteiger partial charge in [0.15, 0.2) is 6.10 Å². The lowest BCUT2D eigenvalue weighted by molar-refractivity contribution is -0.870. The first-order valence-corrected chi connectivity index (χ1v) is 18.3. The minimum absolute atomic E-state index is 0.0365. The molecule has 0 amide bonds. The lowest BCUT2D eigenvalue weighted by Gasteiger charge is -2.28. The van der Waals surface area contributed by atoms with Gasteiger partial charge in [0.05, 0.1) is 27.7 Å². The molecule has 0 radical (unpaired) electrons. The van der Waals surface area contributed by atoms with Crippen LogP contribution in [0.5, 0.6) is 0 Å². The Labute approximate surface area is 273 Å². The van der Waals surface area contributed by atoms with Crippen molar-refractivity contribution in [2.45, 2.75) is 116 Å². The molecule has 0 N–H and O–H groups in total. The first kappa shape index (κ1) is 43.0. The summed E-state index contributed by atoms with van der Waals surface area (Å²) in [5, 5.41) is 0. The van der Waals surface area contributed by atoms with Crippen LogP contribution in [0.4, 0.5) is 0 Å². The number of rotatable bonds is 29. The number of phosphoric acid groups is 1. The van der Waals surface area contributed by atoms with E-state index in [1.807, 2.05) is 28.1 Å². The van der Waals surface area contributed by atoms with Gasteiger partial charge in [0.2, 0.25) is 0 Å². The number of nitrogens with zero attached hydrogens (tertiary/aromatic N) is 1. The predicted octanol–water partition coefficient (Wildman–Crippen LogP) is 7.77. The Hall–Kier alpha value is -2.03. The van der Waals surface area contributed by atoms with Crippen LogP contribution in [0.15, 0.2) is 48.6 Å². The summed E-state index contributed by atoms with van der Waals surface area (Å²) in [6, 6.07) is 0. The van der Waals surface area contributed by atoms with Crippen molar-refractivity contribution in [3.05, 3.63) is 48.6 Å². The van der Waals surface area contributed by atoms with Gasteiger partial charge in [0, 0.05) is 12.8 Å². The first-order valence-electron chi connectivity index (χ1n) is 16.8. The number of phosphoric ester groups is 1. The number of carbonyl (C=O) groups is 2. The molecule has 45 heavy (non-hydrogen) atoms. The van der Waals surface area contributed by atoms with Crippen LogP contribution >= 0.6 is 7.82 Å². The van der Waals surface area contributed by atoms with Gasteiger partial charge in [-0.1, -0.05) is 94.6 Å². The van der Waals surface area contributed by atoms with Gasteiger partial charge in [-0.2, -0.15) is 0 Å². The maximum absolute atomic E-state index is 12.4. The molecule has 0 aliphatic carbocycles. The molecule has 0 fully saturated rings. The van der Waals surface area contributed by atoms with E-state index in [-0.39, 0.29) is 26.1 Å². The second kappa shape index (κ2) is 28.2. The van der Waals surface area contributed by atoms with E-state index < -0.39 is 32.5 Å². The van der Waals surface area contributed by atoms with Crippen LogP contribution in [0.3, 0.4) is 0 Å². The quantitative estimate of drug-likeness (QED) is 0.0264. The van der Waals surface area contributed by atoms with Crippen molar-refractivity contribution in [2.75, 3.05) is 47.5 Å². The maximum atomic E-state index is 12.4. The summed E-state index contributed by atoms with van der Waals surface area (Å²) in [6.45, 7) is 3.79. The number of carbonyl (C=O) groups excluding carboxylic acids is 2. The van der Waals surface area contributed by atoms with Crippen molar-refractivity contribution in [1.82, 2.24) is 0 Å². The lowest BCUT2D eigenvalue weighted by atomic mass is 10.1. The molecule has 0 aliphatic rings. The molecular formula is C35H62NO8P. The number of likely N-dealkylation sites (N-methyl/N-ethyl adjacent to an activating group) is 1. The number of esters is 2. The average Bonchev–Trinajstić information content (AvgIpc) is 2.97. The molecule has 10 heteroatoms. The Balaban J connectivity index is 4.22. The Morgan fingerprint density at radius 1 is 0.711 bits per heavy atom. The fourth-order valence-electron chi connectivity index (χ4n) is 3.91. The minimum Gasteiger partial charge on any atom is -0.756 e. The molecule has 0 saturated carbocycles. The second-order valence-corrected chi connectivity index (χ2v) is 13.6. The highest BCUT2D eigenvalue weighted by molar-refractivity contribution is 7.45. The van der Waals surface area contributed by atoms with Crippen LogP contribution in [-0.4, -0.2) is 70.0 Å². The van der Waals surface area contributed by atoms with Crippen molar-refractivity contribution in [3.63, 3.8) is 0 Å². The van der Waals surface area contributed by atoms with E-state index in [9.17, 15) is 19.0 Å². The Bertz CT molecular complexity index is 923. The number of allylic oxidation sites excluding steroid dienone is 8. The van der Waals surface area contributed by atoms with Crippen molar-refractivity contribution >= 4 is 19.8 Å². The number of hydrogen-bond acceptors (Lipinski definition) is 8. The third-order valence-corrected chi connectivity index (χ3v) is 7.58. The molecule has 0 saturated heterocycles. The van der Waals surface area contributed by atoms with Gasteiger partial charge in [0.25, 0.3) is 7.82 Å². The Morgan fingerprint density at radius 2 is 1.27 bits per heavy atom. The molecule has 0 spiro atoms. The number of quaternary nitrogens is 1. The van der Waals surface area contributed by atoms with Crippen LogP contribution in [0, 0.1) is 0 Å². The number of ether oxygens (including phenoxy) is 2. The molecule has 0 bridgehead atoms. The molecule has 0 aromatic carbocycles. The van der Waals surface area contributed by atoms with E-state index in [4.69, 9.17) is 18.5 Å². The Kier molecular flexibility index (Phi) is 26.9. The maximum Gasteiger partial charge on any atom is 0.306 e. The highest BCUT2D eigenvalue weighted by Gasteiger charge is 2.21. The highest BCUT2D eigenvalue weighted by Crippen LogP contribution is 2.38. The van der Waals surface area contributed by atoms with Crippen LogP contribution < -0.4 is 4.89 Å². The van der Waals surface area contributed by atoms with Gasteiger partial charge in [-0.3, -0.25) is 14.2 Å². The van der Waals surface area contributed by atoms with E-state index in [0.717, 1.165) is 70.6 Å². The Morgan fingerprint density at radius 3 is 1.87 bits per heavy atom. The lowest BCUT2D eigenvalue weighted by Crippen LogP contribution is -2.37. The molecule has 9 nitrogen and oxygen atoms in total. The monoisotopic (exact) mass is 655 g/mol. The first-order chi connectivity index (χ1) is 21.5. The van der Waals surface area contributed by atoms with Crippen LogP contribution in [-0.2, 0) is 32.7 Å². The third-order valence-electron chi connectivity index (χ3n) is 6.61. The molecule has 0 heterocycles. The van der Waals surface area contributed by atoms with Crippen molar-refractivity contribution < 1.29 is 42.1 Å². The van der Waals surface area contributed by atoms with Crippen molar-refractivity contribution in [3.8, 4) is 0 Å². The van der Waals surface area contributed by atoms with Gasteiger partial charge >= 0.3 is 11.9 Å². The zero-order chi connectivity index (χ0) is 33.7. The van der Waals surface area contributed by atoms with Crippen LogP contribution in [0.25, 0.3) is 0 Å². The van der Waals surface area contributed by atoms with Gasteiger partial charge in [-0.25, -0.2) is 0 Å². The smallest absolute Gasteiger partial charge is 0.306 e. The van der Waals surface area contributed by atoms with Crippen molar-refractivity contribution in [1.29, 1.82) is 0 Å². The van der Waals surface area contributed by atoms with Crippen molar-refractivity contribution in [2.24, 2.45) is 0 Å². The van der Waals surface area contributed by atoms with Crippen LogP contribution in [0.2, 0.25) is 0 Å². The van der Waals surface area contributed by atoms with Crippen LogP contribution in [0.1, 0.15) is 110 Å². The van der Waals surface area contributed by atoms with Gasteiger partial charge in [-0.05, 0) is 51.4 Å². The summed E-state index contributed by atoms with van der Waals surface area (Å²) in [7, 11) is 1.14. The highest BCUT2D eigenvalue weighted by atomic mass is 31.2. The van der Waals surface area contributed by atoms with E-state index in [0.29, 0.717) is 23.9 Å². The largest absolute Gasteiger partial charge is 0.756 e. The van der Waals surface area contributed by atoms with E-state index in [1.54, 1.807) is 0 Å². The molecule has 0 aromatic rings. The average molecular weight is 656 g/mol. The topological polar surface area (TPSA) is 111 Å². The molecule has 260 valence electrons. The zero-order valence-electron chi connectivity index (χ0n) is 28.8. The molecule has 0 aliphatic heterocycles. The molecule has 0 aromatic heterocycles. The van der Waals surface area contributed by atoms with E-state index in [1.165, 1.54) is 0 Å². The molecule has 2 atom stereocenters. The second-order valence-electron chi connectivity index (χ2n) is 12.1. The van der Waals surface area contributed by atoms with Gasteiger partial charge < -0.3 is 27.9 Å². The summed E-state index contributed by atoms with van der Waals surface area (Å²) >= 11 is 0. The SMILES string of the molecule is CC/C=C\C/C=C\C/C=C\C/C=C\CCCCCCCCC(=O)OC(COC(=O)CCCC)COP(=O)([O-])OCC[N+](C)(C)C. The van der Waals surface area contributed by atoms with Gasteiger partial charge in [-0.15, -0.1) is 0 Å². The fourth-order valence-corrected chi connectivity index (χ4v) is 4.64. The minimum atomic E-state index is -4.60.